The van der Waals surface area contributed by atoms with Crippen molar-refractivity contribution in [3.8, 4) is 11.5 Å². The van der Waals surface area contributed by atoms with Gasteiger partial charge < -0.3 is 20.1 Å². The van der Waals surface area contributed by atoms with Gasteiger partial charge in [-0.1, -0.05) is 35.9 Å². The lowest BCUT2D eigenvalue weighted by atomic mass is 10.2. The fourth-order valence-corrected chi connectivity index (χ4v) is 2.45. The van der Waals surface area contributed by atoms with Crippen molar-refractivity contribution < 1.29 is 9.47 Å². The van der Waals surface area contributed by atoms with Crippen LogP contribution in [0.5, 0.6) is 11.5 Å². The molecule has 5 nitrogen and oxygen atoms in total. The van der Waals surface area contributed by atoms with Crippen LogP contribution in [0.15, 0.2) is 47.5 Å². The van der Waals surface area contributed by atoms with E-state index in [9.17, 15) is 0 Å². The third-order valence-corrected chi connectivity index (χ3v) is 3.79. The molecule has 2 aromatic rings. The summed E-state index contributed by atoms with van der Waals surface area (Å²) in [6.45, 7) is 1.19. The molecule has 0 saturated heterocycles. The van der Waals surface area contributed by atoms with Crippen LogP contribution in [0.1, 0.15) is 11.1 Å². The van der Waals surface area contributed by atoms with Gasteiger partial charge in [0.15, 0.2) is 5.96 Å². The minimum Gasteiger partial charge on any atom is -0.496 e. The van der Waals surface area contributed by atoms with Crippen LogP contribution in [0.25, 0.3) is 0 Å². The molecular formula is C18H22ClN3O2. The van der Waals surface area contributed by atoms with Crippen molar-refractivity contribution in [3.63, 3.8) is 0 Å². The molecule has 0 fully saturated rings. The maximum Gasteiger partial charge on any atom is 0.191 e. The van der Waals surface area contributed by atoms with Gasteiger partial charge in [-0.05, 0) is 18.2 Å². The highest BCUT2D eigenvalue weighted by Crippen LogP contribution is 2.22. The van der Waals surface area contributed by atoms with Gasteiger partial charge in [0.05, 0.1) is 14.2 Å². The standard InChI is InChI=1S/C18H22ClN3O2/c1-20-18(21-11-13-6-4-5-7-16(13)23-2)22-12-14-8-9-15(19)10-17(14)24-3/h4-10H,11-12H2,1-3H3,(H2,20,21,22). The average Bonchev–Trinajstić information content (AvgIpc) is 2.62. The van der Waals surface area contributed by atoms with Crippen LogP contribution in [0, 0.1) is 0 Å². The van der Waals surface area contributed by atoms with Crippen molar-refractivity contribution in [2.75, 3.05) is 21.3 Å². The largest absolute Gasteiger partial charge is 0.496 e. The first-order chi connectivity index (χ1) is 11.7. The first-order valence-corrected chi connectivity index (χ1v) is 7.94. The molecular weight excluding hydrogens is 326 g/mol. The Morgan fingerprint density at radius 2 is 1.58 bits per heavy atom. The Kier molecular flexibility index (Phi) is 6.75. The Hall–Kier alpha value is -2.40. The minimum absolute atomic E-state index is 0.575. The van der Waals surface area contributed by atoms with E-state index in [2.05, 4.69) is 15.6 Å². The number of halogens is 1. The number of methoxy groups -OCH3 is 2. The lowest BCUT2D eigenvalue weighted by Gasteiger charge is -2.15. The van der Waals surface area contributed by atoms with Gasteiger partial charge in [0.2, 0.25) is 0 Å². The predicted molar refractivity (Wildman–Crippen MR) is 98.0 cm³/mol. The molecule has 0 saturated carbocycles. The van der Waals surface area contributed by atoms with E-state index >= 15 is 0 Å². The van der Waals surface area contributed by atoms with Crippen LogP contribution in [0.3, 0.4) is 0 Å². The molecule has 0 heterocycles. The lowest BCUT2D eigenvalue weighted by molar-refractivity contribution is 0.408. The summed E-state index contributed by atoms with van der Waals surface area (Å²) in [6, 6.07) is 13.4. The maximum absolute atomic E-state index is 5.98. The van der Waals surface area contributed by atoms with Crippen molar-refractivity contribution in [1.29, 1.82) is 0 Å². The summed E-state index contributed by atoms with van der Waals surface area (Å²) in [7, 11) is 5.03. The number of para-hydroxylation sites is 1. The van der Waals surface area contributed by atoms with Gasteiger partial charge in [0.1, 0.15) is 11.5 Å². The van der Waals surface area contributed by atoms with E-state index in [1.54, 1.807) is 27.3 Å². The molecule has 0 amide bonds. The van der Waals surface area contributed by atoms with E-state index in [-0.39, 0.29) is 0 Å². The molecule has 0 aliphatic carbocycles. The first kappa shape index (κ1) is 17.9. The van der Waals surface area contributed by atoms with Crippen molar-refractivity contribution >= 4 is 17.6 Å². The van der Waals surface area contributed by atoms with E-state index in [1.165, 1.54) is 0 Å². The highest BCUT2D eigenvalue weighted by molar-refractivity contribution is 6.30. The normalized spacial score (nSPS) is 11.1. The number of guanidine groups is 1. The van der Waals surface area contributed by atoms with E-state index in [4.69, 9.17) is 21.1 Å². The summed E-state index contributed by atoms with van der Waals surface area (Å²) in [6.07, 6.45) is 0. The number of ether oxygens (including phenoxy) is 2. The summed E-state index contributed by atoms with van der Waals surface area (Å²) in [5, 5.41) is 7.18. The van der Waals surface area contributed by atoms with Crippen LogP contribution in [0.4, 0.5) is 0 Å². The Labute approximate surface area is 147 Å². The molecule has 2 aromatic carbocycles. The van der Waals surface area contributed by atoms with Crippen molar-refractivity contribution in [2.45, 2.75) is 13.1 Å². The van der Waals surface area contributed by atoms with Crippen molar-refractivity contribution in [3.05, 3.63) is 58.6 Å². The zero-order chi connectivity index (χ0) is 17.4. The van der Waals surface area contributed by atoms with Crippen LogP contribution in [0.2, 0.25) is 5.02 Å². The number of hydrogen-bond donors (Lipinski definition) is 2. The van der Waals surface area contributed by atoms with E-state index < -0.39 is 0 Å². The smallest absolute Gasteiger partial charge is 0.191 e. The van der Waals surface area contributed by atoms with Crippen molar-refractivity contribution in [1.82, 2.24) is 10.6 Å². The number of nitrogens with one attached hydrogen (secondary N) is 2. The summed E-state index contributed by atoms with van der Waals surface area (Å²) in [5.41, 5.74) is 2.06. The average molecular weight is 348 g/mol. The number of nitrogens with zero attached hydrogens (tertiary/aromatic N) is 1. The van der Waals surface area contributed by atoms with Gasteiger partial charge in [-0.2, -0.15) is 0 Å². The van der Waals surface area contributed by atoms with Crippen LogP contribution < -0.4 is 20.1 Å². The maximum atomic E-state index is 5.98. The zero-order valence-corrected chi connectivity index (χ0v) is 14.9. The number of hydrogen-bond acceptors (Lipinski definition) is 3. The van der Waals surface area contributed by atoms with Gasteiger partial charge in [-0.15, -0.1) is 0 Å². The summed E-state index contributed by atoms with van der Waals surface area (Å²) < 4.78 is 10.7. The Morgan fingerprint density at radius 1 is 0.958 bits per heavy atom. The number of aliphatic imine (C=N–C) groups is 1. The molecule has 24 heavy (non-hydrogen) atoms. The molecule has 6 heteroatoms. The molecule has 2 N–H and O–H groups in total. The van der Waals surface area contributed by atoms with Gasteiger partial charge in [0, 0.05) is 36.3 Å². The molecule has 0 atom stereocenters. The SMILES string of the molecule is CN=C(NCc1ccccc1OC)NCc1ccc(Cl)cc1OC. The number of benzene rings is 2. The molecule has 0 aliphatic rings. The van der Waals surface area contributed by atoms with Gasteiger partial charge in [-0.3, -0.25) is 4.99 Å². The molecule has 0 aromatic heterocycles. The van der Waals surface area contributed by atoms with Gasteiger partial charge in [-0.25, -0.2) is 0 Å². The van der Waals surface area contributed by atoms with Crippen LogP contribution in [-0.4, -0.2) is 27.2 Å². The lowest BCUT2D eigenvalue weighted by Crippen LogP contribution is -2.36. The molecule has 0 spiro atoms. The molecule has 0 unspecified atom stereocenters. The highest BCUT2D eigenvalue weighted by Gasteiger charge is 2.06. The molecule has 0 bridgehead atoms. The second kappa shape index (κ2) is 9.03. The molecule has 2 rings (SSSR count). The molecule has 128 valence electrons. The quantitative estimate of drug-likeness (QED) is 0.622. The van der Waals surface area contributed by atoms with Gasteiger partial charge >= 0.3 is 0 Å². The highest BCUT2D eigenvalue weighted by atomic mass is 35.5. The Bertz CT molecular complexity index is 704. The Morgan fingerprint density at radius 3 is 2.21 bits per heavy atom. The topological polar surface area (TPSA) is 54.9 Å². The fourth-order valence-electron chi connectivity index (χ4n) is 2.29. The summed E-state index contributed by atoms with van der Waals surface area (Å²) in [5.74, 6) is 2.29. The van der Waals surface area contributed by atoms with Gasteiger partial charge in [0.25, 0.3) is 0 Å². The Balaban J connectivity index is 1.96. The van der Waals surface area contributed by atoms with Crippen molar-refractivity contribution in [2.24, 2.45) is 4.99 Å². The molecule has 0 radical (unpaired) electrons. The predicted octanol–water partition coefficient (Wildman–Crippen LogP) is 3.22. The van der Waals surface area contributed by atoms with Crippen LogP contribution >= 0.6 is 11.6 Å². The molecule has 0 aliphatic heterocycles. The fraction of sp³-hybridized carbons (Fsp3) is 0.278. The zero-order valence-electron chi connectivity index (χ0n) is 14.1. The van der Waals surface area contributed by atoms with E-state index in [0.717, 1.165) is 22.6 Å². The second-order valence-corrected chi connectivity index (χ2v) is 5.48. The number of rotatable bonds is 6. The van der Waals surface area contributed by atoms with E-state index in [0.29, 0.717) is 24.1 Å². The summed E-state index contributed by atoms with van der Waals surface area (Å²) >= 11 is 5.98. The third kappa shape index (κ3) is 4.80. The second-order valence-electron chi connectivity index (χ2n) is 5.05. The third-order valence-electron chi connectivity index (χ3n) is 3.56. The van der Waals surface area contributed by atoms with Crippen LogP contribution in [-0.2, 0) is 13.1 Å². The van der Waals surface area contributed by atoms with E-state index in [1.807, 2.05) is 36.4 Å². The monoisotopic (exact) mass is 347 g/mol. The minimum atomic E-state index is 0.575. The first-order valence-electron chi connectivity index (χ1n) is 7.56. The summed E-state index contributed by atoms with van der Waals surface area (Å²) in [4.78, 5) is 4.23.